The second-order valence-corrected chi connectivity index (χ2v) is 8.28. The Hall–Kier alpha value is -2.99. The maximum Gasteiger partial charge on any atom is 0.286 e. The second kappa shape index (κ2) is 9.43. The molecule has 2 N–H and O–H groups in total. The first-order chi connectivity index (χ1) is 15.0. The van der Waals surface area contributed by atoms with Crippen LogP contribution in [0.25, 0.3) is 6.08 Å². The molecule has 2 amide bonds. The third-order valence-electron chi connectivity index (χ3n) is 5.76. The number of halogens is 1. The molecule has 1 aliphatic carbocycles. The number of nitrogens with one attached hydrogen (secondary N) is 2. The standard InChI is InChI=1S/C24H25ClN2O4/c1-30-20-8-3-2-6-16(20)13-22-24(29)27-19-12-17(9-10-21(19)31-22)23(28)26-14-15-5-4-7-18(25)11-15/h2-8,11,13,17,19,21H,9-10,12,14H2,1H3,(H,26,28)(H,27,29)/b22-13+. The average molecular weight is 441 g/mol. The first-order valence-electron chi connectivity index (χ1n) is 10.4. The molecular formula is C24H25ClN2O4. The lowest BCUT2D eigenvalue weighted by molar-refractivity contribution is -0.134. The summed E-state index contributed by atoms with van der Waals surface area (Å²) in [5.41, 5.74) is 1.73. The maximum atomic E-state index is 12.7. The molecule has 6 nitrogen and oxygen atoms in total. The van der Waals surface area contributed by atoms with E-state index in [1.807, 2.05) is 42.5 Å². The molecule has 2 aromatic rings. The van der Waals surface area contributed by atoms with E-state index in [0.717, 1.165) is 11.1 Å². The highest BCUT2D eigenvalue weighted by atomic mass is 35.5. The number of morpholine rings is 1. The molecule has 4 rings (SSSR count). The van der Waals surface area contributed by atoms with Gasteiger partial charge in [-0.3, -0.25) is 9.59 Å². The Morgan fingerprint density at radius 2 is 2.10 bits per heavy atom. The van der Waals surface area contributed by atoms with Crippen LogP contribution in [0.4, 0.5) is 0 Å². The Balaban J connectivity index is 1.36. The van der Waals surface area contributed by atoms with E-state index in [2.05, 4.69) is 10.6 Å². The fourth-order valence-electron chi connectivity index (χ4n) is 4.14. The molecule has 0 bridgehead atoms. The number of para-hydroxylation sites is 1. The van der Waals surface area contributed by atoms with E-state index in [4.69, 9.17) is 21.1 Å². The minimum Gasteiger partial charge on any atom is -0.496 e. The lowest BCUT2D eigenvalue weighted by Crippen LogP contribution is -2.54. The van der Waals surface area contributed by atoms with E-state index in [1.165, 1.54) is 0 Å². The summed E-state index contributed by atoms with van der Waals surface area (Å²) in [5.74, 6) is 0.502. The largest absolute Gasteiger partial charge is 0.496 e. The van der Waals surface area contributed by atoms with Crippen LogP contribution in [-0.4, -0.2) is 31.1 Å². The van der Waals surface area contributed by atoms with Gasteiger partial charge in [-0.15, -0.1) is 0 Å². The molecule has 0 spiro atoms. The molecule has 31 heavy (non-hydrogen) atoms. The fourth-order valence-corrected chi connectivity index (χ4v) is 4.35. The van der Waals surface area contributed by atoms with Crippen molar-refractivity contribution in [3.05, 3.63) is 70.4 Å². The molecule has 2 aromatic carbocycles. The SMILES string of the molecule is COc1ccccc1/C=C1/OC2CCC(C(=O)NCc3cccc(Cl)c3)CC2NC1=O. The van der Waals surface area contributed by atoms with Gasteiger partial charge in [0.15, 0.2) is 5.76 Å². The van der Waals surface area contributed by atoms with Gasteiger partial charge < -0.3 is 20.1 Å². The van der Waals surface area contributed by atoms with Crippen LogP contribution in [0.1, 0.15) is 30.4 Å². The fraction of sp³-hybridized carbons (Fsp3) is 0.333. The van der Waals surface area contributed by atoms with Crippen molar-refractivity contribution < 1.29 is 19.1 Å². The van der Waals surface area contributed by atoms with Crippen molar-refractivity contribution in [3.8, 4) is 5.75 Å². The summed E-state index contributed by atoms with van der Waals surface area (Å²) in [6.07, 6.45) is 3.52. The van der Waals surface area contributed by atoms with Crippen LogP contribution in [0.5, 0.6) is 5.75 Å². The molecule has 1 saturated carbocycles. The van der Waals surface area contributed by atoms with Gasteiger partial charge in [0.05, 0.1) is 13.2 Å². The Morgan fingerprint density at radius 3 is 2.90 bits per heavy atom. The summed E-state index contributed by atoms with van der Waals surface area (Å²) in [6, 6.07) is 14.7. The number of hydrogen-bond acceptors (Lipinski definition) is 4. The van der Waals surface area contributed by atoms with E-state index < -0.39 is 0 Å². The molecule has 2 aliphatic rings. The van der Waals surface area contributed by atoms with Crippen LogP contribution < -0.4 is 15.4 Å². The van der Waals surface area contributed by atoms with Crippen molar-refractivity contribution in [1.82, 2.24) is 10.6 Å². The van der Waals surface area contributed by atoms with Crippen LogP contribution in [0.2, 0.25) is 5.02 Å². The van der Waals surface area contributed by atoms with Gasteiger partial charge in [0.25, 0.3) is 5.91 Å². The molecule has 0 radical (unpaired) electrons. The van der Waals surface area contributed by atoms with Gasteiger partial charge in [-0.05, 0) is 49.1 Å². The summed E-state index contributed by atoms with van der Waals surface area (Å²) in [4.78, 5) is 25.3. The molecule has 2 fully saturated rings. The van der Waals surface area contributed by atoms with Crippen molar-refractivity contribution in [2.75, 3.05) is 7.11 Å². The Morgan fingerprint density at radius 1 is 1.26 bits per heavy atom. The van der Waals surface area contributed by atoms with Crippen molar-refractivity contribution >= 4 is 29.5 Å². The predicted octanol–water partition coefficient (Wildman–Crippen LogP) is 3.69. The van der Waals surface area contributed by atoms with Crippen molar-refractivity contribution in [2.24, 2.45) is 5.92 Å². The summed E-state index contributed by atoms with van der Waals surface area (Å²) >= 11 is 6.00. The van der Waals surface area contributed by atoms with E-state index in [1.54, 1.807) is 19.3 Å². The summed E-state index contributed by atoms with van der Waals surface area (Å²) in [7, 11) is 1.59. The van der Waals surface area contributed by atoms with Crippen LogP contribution >= 0.6 is 11.6 Å². The molecule has 162 valence electrons. The number of ether oxygens (including phenoxy) is 2. The number of rotatable bonds is 5. The number of hydrogen-bond donors (Lipinski definition) is 2. The summed E-state index contributed by atoms with van der Waals surface area (Å²) in [5, 5.41) is 6.65. The van der Waals surface area contributed by atoms with Crippen LogP contribution in [-0.2, 0) is 20.9 Å². The number of fused-ring (bicyclic) bond motifs is 1. The van der Waals surface area contributed by atoms with Gasteiger partial charge in [-0.2, -0.15) is 0 Å². The quantitative estimate of drug-likeness (QED) is 0.695. The minimum atomic E-state index is -0.271. The van der Waals surface area contributed by atoms with Crippen LogP contribution in [0, 0.1) is 5.92 Å². The summed E-state index contributed by atoms with van der Waals surface area (Å²) < 4.78 is 11.4. The van der Waals surface area contributed by atoms with E-state index in [9.17, 15) is 9.59 Å². The molecule has 1 saturated heterocycles. The number of amides is 2. The van der Waals surface area contributed by atoms with E-state index in [0.29, 0.717) is 36.6 Å². The van der Waals surface area contributed by atoms with Gasteiger partial charge in [-0.1, -0.05) is 41.9 Å². The Bertz CT molecular complexity index is 1010. The average Bonchev–Trinajstić information content (AvgIpc) is 2.78. The molecule has 3 unspecified atom stereocenters. The highest BCUT2D eigenvalue weighted by Gasteiger charge is 2.40. The molecule has 0 aromatic heterocycles. The predicted molar refractivity (Wildman–Crippen MR) is 118 cm³/mol. The Labute approximate surface area is 186 Å². The normalized spacial score (nSPS) is 24.0. The first-order valence-corrected chi connectivity index (χ1v) is 10.8. The van der Waals surface area contributed by atoms with Crippen molar-refractivity contribution in [1.29, 1.82) is 0 Å². The van der Waals surface area contributed by atoms with Gasteiger partial charge >= 0.3 is 0 Å². The van der Waals surface area contributed by atoms with Crippen LogP contribution in [0.3, 0.4) is 0 Å². The topological polar surface area (TPSA) is 76.7 Å². The first kappa shape index (κ1) is 21.2. The monoisotopic (exact) mass is 440 g/mol. The van der Waals surface area contributed by atoms with E-state index in [-0.39, 0.29) is 35.6 Å². The zero-order valence-electron chi connectivity index (χ0n) is 17.3. The minimum absolute atomic E-state index is 0.0111. The molecule has 1 heterocycles. The summed E-state index contributed by atoms with van der Waals surface area (Å²) in [6.45, 7) is 0.429. The zero-order chi connectivity index (χ0) is 21.8. The van der Waals surface area contributed by atoms with E-state index >= 15 is 0 Å². The third kappa shape index (κ3) is 5.02. The highest BCUT2D eigenvalue weighted by Crippen LogP contribution is 2.32. The van der Waals surface area contributed by atoms with Crippen molar-refractivity contribution in [3.63, 3.8) is 0 Å². The zero-order valence-corrected chi connectivity index (χ0v) is 18.0. The lowest BCUT2D eigenvalue weighted by Gasteiger charge is -2.39. The van der Waals surface area contributed by atoms with Gasteiger partial charge in [0.2, 0.25) is 5.91 Å². The highest BCUT2D eigenvalue weighted by molar-refractivity contribution is 6.30. The van der Waals surface area contributed by atoms with Gasteiger partial charge in [0, 0.05) is 23.0 Å². The molecule has 3 atom stereocenters. The maximum absolute atomic E-state index is 12.7. The number of benzene rings is 2. The smallest absolute Gasteiger partial charge is 0.286 e. The Kier molecular flexibility index (Phi) is 6.47. The second-order valence-electron chi connectivity index (χ2n) is 7.84. The number of methoxy groups -OCH3 is 1. The molecule has 7 heteroatoms. The molecular weight excluding hydrogens is 416 g/mol. The third-order valence-corrected chi connectivity index (χ3v) is 5.99. The molecule has 1 aliphatic heterocycles. The van der Waals surface area contributed by atoms with Gasteiger partial charge in [0.1, 0.15) is 11.9 Å². The van der Waals surface area contributed by atoms with Crippen LogP contribution in [0.15, 0.2) is 54.3 Å². The lowest BCUT2D eigenvalue weighted by atomic mass is 9.82. The van der Waals surface area contributed by atoms with Crippen molar-refractivity contribution in [2.45, 2.75) is 38.0 Å². The number of carbonyl (C=O) groups excluding carboxylic acids is 2. The van der Waals surface area contributed by atoms with Gasteiger partial charge in [-0.25, -0.2) is 0 Å². The number of carbonyl (C=O) groups is 2.